The first-order valence-electron chi connectivity index (χ1n) is 13.1. The number of carbonyl (C=O) groups excluding carboxylic acids is 1. The number of hydrogen-bond donors (Lipinski definition) is 0. The molecule has 3 heteroatoms. The van der Waals surface area contributed by atoms with E-state index < -0.39 is 0 Å². The molecule has 3 aliphatic rings. The van der Waals surface area contributed by atoms with Gasteiger partial charge in [-0.2, -0.15) is 0 Å². The smallest absolute Gasteiger partial charge is 0.225 e. The minimum atomic E-state index is 0.0946. The summed E-state index contributed by atoms with van der Waals surface area (Å²) in [6, 6.07) is 9.26. The van der Waals surface area contributed by atoms with Crippen LogP contribution in [0.3, 0.4) is 0 Å². The Bertz CT molecular complexity index is 894. The lowest BCUT2D eigenvalue weighted by atomic mass is 9.90. The van der Waals surface area contributed by atoms with Crippen molar-refractivity contribution in [2.24, 2.45) is 23.7 Å². The number of nitrogens with zero attached hydrogens (tertiary/aromatic N) is 2. The molecule has 0 aromatic heterocycles. The third-order valence-electron chi connectivity index (χ3n) is 7.94. The van der Waals surface area contributed by atoms with Gasteiger partial charge in [-0.25, -0.2) is 0 Å². The molecule has 1 aliphatic carbocycles. The maximum absolute atomic E-state index is 12.5. The molecule has 0 N–H and O–H groups in total. The van der Waals surface area contributed by atoms with Crippen LogP contribution in [0.4, 0.5) is 0 Å². The molecule has 4 rings (SSSR count). The molecule has 3 unspecified atom stereocenters. The molecule has 0 saturated carbocycles. The second-order valence-electron chi connectivity index (χ2n) is 10.6. The van der Waals surface area contributed by atoms with Crippen LogP contribution in [-0.2, 0) is 11.2 Å². The van der Waals surface area contributed by atoms with Crippen LogP contribution < -0.4 is 0 Å². The molecule has 1 aromatic rings. The van der Waals surface area contributed by atoms with Crippen LogP contribution >= 0.6 is 0 Å². The van der Waals surface area contributed by atoms with Crippen LogP contribution in [0.15, 0.2) is 54.6 Å². The van der Waals surface area contributed by atoms with Gasteiger partial charge in [-0.05, 0) is 66.3 Å². The number of likely N-dealkylation sites (tertiary alicyclic amines) is 2. The van der Waals surface area contributed by atoms with Gasteiger partial charge >= 0.3 is 0 Å². The molecule has 33 heavy (non-hydrogen) atoms. The van der Waals surface area contributed by atoms with Crippen molar-refractivity contribution in [1.29, 1.82) is 0 Å². The number of amides is 1. The molecule has 0 radical (unpaired) electrons. The molecule has 2 heterocycles. The van der Waals surface area contributed by atoms with Crippen molar-refractivity contribution >= 4 is 11.5 Å². The average molecular weight is 447 g/mol. The first-order chi connectivity index (χ1) is 16.0. The Morgan fingerprint density at radius 1 is 1.18 bits per heavy atom. The topological polar surface area (TPSA) is 23.6 Å². The molecule has 3 atom stereocenters. The third kappa shape index (κ3) is 5.51. The number of rotatable bonds is 9. The summed E-state index contributed by atoms with van der Waals surface area (Å²) in [5.74, 6) is 2.19. The van der Waals surface area contributed by atoms with Crippen molar-refractivity contribution in [3.05, 3.63) is 65.8 Å². The fourth-order valence-electron chi connectivity index (χ4n) is 5.96. The largest absolute Gasteiger partial charge is 0.342 e. The Balaban J connectivity index is 1.29. The predicted octanol–water partition coefficient (Wildman–Crippen LogP) is 5.98. The van der Waals surface area contributed by atoms with E-state index >= 15 is 0 Å². The Morgan fingerprint density at radius 3 is 2.67 bits per heavy atom. The molecule has 2 saturated heterocycles. The van der Waals surface area contributed by atoms with Crippen LogP contribution in [-0.4, -0.2) is 48.4 Å². The van der Waals surface area contributed by atoms with Crippen molar-refractivity contribution in [1.82, 2.24) is 9.80 Å². The molecule has 3 nitrogen and oxygen atoms in total. The van der Waals surface area contributed by atoms with Crippen LogP contribution in [0.25, 0.3) is 5.57 Å². The van der Waals surface area contributed by atoms with Gasteiger partial charge in [0, 0.05) is 38.0 Å². The second-order valence-corrected chi connectivity index (χ2v) is 10.6. The van der Waals surface area contributed by atoms with Crippen molar-refractivity contribution in [2.45, 2.75) is 52.9 Å². The van der Waals surface area contributed by atoms with Gasteiger partial charge in [0.25, 0.3) is 0 Å². The molecule has 1 amide bonds. The number of unbranched alkanes of at least 4 members (excludes halogenated alkanes) is 1. The van der Waals surface area contributed by atoms with E-state index in [1.165, 1.54) is 48.2 Å². The van der Waals surface area contributed by atoms with Gasteiger partial charge < -0.3 is 9.80 Å². The minimum Gasteiger partial charge on any atom is -0.342 e. The molecule has 2 aliphatic heterocycles. The number of benzene rings is 1. The lowest BCUT2D eigenvalue weighted by molar-refractivity contribution is -0.133. The SMILES string of the molecule is C=C/C(=C\CCC)C1CCN(CCc2ccc(C3=CCC4CN(C(=O)C(C)C)CC34)cc2)C1. The third-order valence-corrected chi connectivity index (χ3v) is 7.94. The van der Waals surface area contributed by atoms with Gasteiger partial charge in [0.2, 0.25) is 5.91 Å². The van der Waals surface area contributed by atoms with Crippen molar-refractivity contribution in [2.75, 3.05) is 32.7 Å². The van der Waals surface area contributed by atoms with E-state index in [1.54, 1.807) is 0 Å². The average Bonchev–Trinajstić information content (AvgIpc) is 3.54. The van der Waals surface area contributed by atoms with Crippen LogP contribution in [0.2, 0.25) is 0 Å². The van der Waals surface area contributed by atoms with E-state index in [9.17, 15) is 4.79 Å². The molecule has 1 aromatic carbocycles. The Kier molecular flexibility index (Phi) is 7.90. The van der Waals surface area contributed by atoms with E-state index in [0.717, 1.165) is 38.9 Å². The van der Waals surface area contributed by atoms with Gasteiger partial charge in [0.1, 0.15) is 0 Å². The summed E-state index contributed by atoms with van der Waals surface area (Å²) < 4.78 is 0. The van der Waals surface area contributed by atoms with E-state index in [0.29, 0.717) is 23.7 Å². The molecule has 0 bridgehead atoms. The van der Waals surface area contributed by atoms with Gasteiger partial charge in [-0.3, -0.25) is 4.79 Å². The standard InChI is InChI=1S/C30H42N2O/c1-5-7-8-24(6-2)26-16-18-31(19-26)17-15-23-9-11-25(12-10-23)28-14-13-27-20-32(21-29(27)28)30(33)22(3)4/h6,8-12,14,22,26-27,29H,2,5,7,13,15-21H2,1,3-4H3/b24-8+. The maximum atomic E-state index is 12.5. The molecular formula is C30H42N2O. The maximum Gasteiger partial charge on any atom is 0.225 e. The van der Waals surface area contributed by atoms with Crippen molar-refractivity contribution < 1.29 is 4.79 Å². The predicted molar refractivity (Wildman–Crippen MR) is 139 cm³/mol. The van der Waals surface area contributed by atoms with E-state index in [1.807, 2.05) is 13.8 Å². The summed E-state index contributed by atoms with van der Waals surface area (Å²) >= 11 is 0. The van der Waals surface area contributed by atoms with E-state index in [-0.39, 0.29) is 5.92 Å². The lowest BCUT2D eigenvalue weighted by Gasteiger charge is -2.20. The number of allylic oxidation sites excluding steroid dienone is 3. The van der Waals surface area contributed by atoms with Crippen LogP contribution in [0, 0.1) is 23.7 Å². The number of fused-ring (bicyclic) bond motifs is 1. The van der Waals surface area contributed by atoms with E-state index in [4.69, 9.17) is 0 Å². The molecule has 2 fully saturated rings. The highest BCUT2D eigenvalue weighted by Crippen LogP contribution is 2.43. The quantitative estimate of drug-likeness (QED) is 0.436. The van der Waals surface area contributed by atoms with Crippen molar-refractivity contribution in [3.8, 4) is 0 Å². The molecular weight excluding hydrogens is 404 g/mol. The highest BCUT2D eigenvalue weighted by Gasteiger charge is 2.40. The highest BCUT2D eigenvalue weighted by molar-refractivity contribution is 5.80. The second kappa shape index (κ2) is 10.9. The number of hydrogen-bond acceptors (Lipinski definition) is 2. The first-order valence-corrected chi connectivity index (χ1v) is 13.1. The van der Waals surface area contributed by atoms with Crippen LogP contribution in [0.5, 0.6) is 0 Å². The summed E-state index contributed by atoms with van der Waals surface area (Å²) in [5, 5.41) is 0. The summed E-state index contributed by atoms with van der Waals surface area (Å²) in [4.78, 5) is 17.2. The fourth-order valence-corrected chi connectivity index (χ4v) is 5.96. The minimum absolute atomic E-state index is 0.0946. The zero-order chi connectivity index (χ0) is 23.4. The number of carbonyl (C=O) groups is 1. The zero-order valence-corrected chi connectivity index (χ0v) is 20.9. The van der Waals surface area contributed by atoms with Gasteiger partial charge in [0.15, 0.2) is 0 Å². The Labute approximate surface area is 201 Å². The van der Waals surface area contributed by atoms with Crippen molar-refractivity contribution in [3.63, 3.8) is 0 Å². The van der Waals surface area contributed by atoms with Gasteiger partial charge in [-0.15, -0.1) is 0 Å². The summed E-state index contributed by atoms with van der Waals surface area (Å²) in [5.41, 5.74) is 5.69. The monoisotopic (exact) mass is 446 g/mol. The highest BCUT2D eigenvalue weighted by atomic mass is 16.2. The zero-order valence-electron chi connectivity index (χ0n) is 20.9. The van der Waals surface area contributed by atoms with E-state index in [2.05, 4.69) is 65.8 Å². The Morgan fingerprint density at radius 2 is 1.97 bits per heavy atom. The molecule has 178 valence electrons. The van der Waals surface area contributed by atoms with Gasteiger partial charge in [-0.1, -0.05) is 76.3 Å². The first kappa shape index (κ1) is 24.0. The molecule has 0 spiro atoms. The normalized spacial score (nSPS) is 25.6. The Hall–Kier alpha value is -2.13. The summed E-state index contributed by atoms with van der Waals surface area (Å²) in [6.45, 7) is 15.6. The summed E-state index contributed by atoms with van der Waals surface area (Å²) in [6.07, 6.45) is 12.7. The van der Waals surface area contributed by atoms with Gasteiger partial charge in [0.05, 0.1) is 0 Å². The summed E-state index contributed by atoms with van der Waals surface area (Å²) in [7, 11) is 0. The fraction of sp³-hybridized carbons (Fsp3) is 0.567. The lowest BCUT2D eigenvalue weighted by Crippen LogP contribution is -2.32. The van der Waals surface area contributed by atoms with Crippen LogP contribution in [0.1, 0.15) is 57.6 Å².